The van der Waals surface area contributed by atoms with E-state index < -0.39 is 0 Å². The van der Waals surface area contributed by atoms with E-state index in [4.69, 9.17) is 11.6 Å². The van der Waals surface area contributed by atoms with Gasteiger partial charge in [0.05, 0.1) is 10.2 Å². The number of carbonyl (C=O) groups excluding carboxylic acids is 1. The molecule has 0 atom stereocenters. The number of aryl methyl sites for hydroxylation is 1. The Hall–Kier alpha value is -1.91. The van der Waals surface area contributed by atoms with Gasteiger partial charge in [0.25, 0.3) is 5.91 Å². The number of hydrogen-bond acceptors (Lipinski definition) is 3. The highest BCUT2D eigenvalue weighted by atomic mass is 35.5. The lowest BCUT2D eigenvalue weighted by Crippen LogP contribution is -2.11. The standard InChI is InChI=1S/C16H13ClN2OS/c1-2-10-5-4-8-13-14(10)18-16(21-13)19-15(20)11-6-3-7-12(17)9-11/h3-9H,2H2,1H3,(H,18,19,20). The first-order valence-electron chi connectivity index (χ1n) is 6.62. The largest absolute Gasteiger partial charge is 0.298 e. The first-order valence-corrected chi connectivity index (χ1v) is 7.82. The molecule has 0 aliphatic heterocycles. The Labute approximate surface area is 131 Å². The molecule has 1 amide bonds. The third-order valence-electron chi connectivity index (χ3n) is 3.19. The normalized spacial score (nSPS) is 10.8. The van der Waals surface area contributed by atoms with Crippen molar-refractivity contribution in [2.24, 2.45) is 0 Å². The number of benzene rings is 2. The molecule has 21 heavy (non-hydrogen) atoms. The van der Waals surface area contributed by atoms with Crippen molar-refractivity contribution < 1.29 is 4.79 Å². The Balaban J connectivity index is 1.90. The zero-order valence-electron chi connectivity index (χ0n) is 11.4. The number of nitrogens with zero attached hydrogens (tertiary/aromatic N) is 1. The van der Waals surface area contributed by atoms with E-state index in [9.17, 15) is 4.79 Å². The maximum atomic E-state index is 12.2. The number of amides is 1. The molecular formula is C16H13ClN2OS. The lowest BCUT2D eigenvalue weighted by atomic mass is 10.1. The molecule has 3 nitrogen and oxygen atoms in total. The Bertz CT molecular complexity index is 813. The van der Waals surface area contributed by atoms with Crippen LogP contribution in [-0.2, 0) is 6.42 Å². The number of nitrogens with one attached hydrogen (secondary N) is 1. The van der Waals surface area contributed by atoms with Crippen LogP contribution in [0.3, 0.4) is 0 Å². The molecule has 1 N–H and O–H groups in total. The maximum absolute atomic E-state index is 12.2. The number of rotatable bonds is 3. The predicted molar refractivity (Wildman–Crippen MR) is 88.4 cm³/mol. The number of halogens is 1. The smallest absolute Gasteiger partial charge is 0.257 e. The average Bonchev–Trinajstić information content (AvgIpc) is 2.89. The molecule has 0 saturated heterocycles. The van der Waals surface area contributed by atoms with Gasteiger partial charge in [-0.15, -0.1) is 0 Å². The molecule has 1 aromatic heterocycles. The summed E-state index contributed by atoms with van der Waals surface area (Å²) in [5.41, 5.74) is 2.68. The molecule has 106 valence electrons. The third-order valence-corrected chi connectivity index (χ3v) is 4.36. The van der Waals surface area contributed by atoms with E-state index in [-0.39, 0.29) is 5.91 Å². The van der Waals surface area contributed by atoms with Crippen LogP contribution in [0, 0.1) is 0 Å². The van der Waals surface area contributed by atoms with E-state index in [0.29, 0.717) is 15.7 Å². The molecule has 0 aliphatic rings. The fourth-order valence-corrected chi connectivity index (χ4v) is 3.24. The Morgan fingerprint density at radius 3 is 2.86 bits per heavy atom. The van der Waals surface area contributed by atoms with E-state index in [2.05, 4.69) is 23.3 Å². The van der Waals surface area contributed by atoms with Crippen LogP contribution in [0.25, 0.3) is 10.2 Å². The molecule has 0 bridgehead atoms. The lowest BCUT2D eigenvalue weighted by Gasteiger charge is -2.01. The van der Waals surface area contributed by atoms with Gasteiger partial charge in [-0.3, -0.25) is 10.1 Å². The molecule has 2 aromatic carbocycles. The lowest BCUT2D eigenvalue weighted by molar-refractivity contribution is 0.102. The van der Waals surface area contributed by atoms with Crippen LogP contribution < -0.4 is 5.32 Å². The highest BCUT2D eigenvalue weighted by Gasteiger charge is 2.11. The second kappa shape index (κ2) is 5.84. The van der Waals surface area contributed by atoms with Crippen LogP contribution in [0.5, 0.6) is 0 Å². The number of para-hydroxylation sites is 1. The molecule has 5 heteroatoms. The van der Waals surface area contributed by atoms with Crippen molar-refractivity contribution in [2.45, 2.75) is 13.3 Å². The third kappa shape index (κ3) is 2.91. The van der Waals surface area contributed by atoms with Gasteiger partial charge in [0.15, 0.2) is 5.13 Å². The van der Waals surface area contributed by atoms with Crippen LogP contribution >= 0.6 is 22.9 Å². The van der Waals surface area contributed by atoms with Crippen molar-refractivity contribution in [2.75, 3.05) is 5.32 Å². The molecule has 0 fully saturated rings. The van der Waals surface area contributed by atoms with Crippen molar-refractivity contribution in [3.05, 3.63) is 58.6 Å². The van der Waals surface area contributed by atoms with Crippen LogP contribution in [0.15, 0.2) is 42.5 Å². The number of anilines is 1. The summed E-state index contributed by atoms with van der Waals surface area (Å²) in [7, 11) is 0. The summed E-state index contributed by atoms with van der Waals surface area (Å²) >= 11 is 7.38. The second-order valence-corrected chi connectivity index (χ2v) is 6.07. The van der Waals surface area contributed by atoms with Crippen molar-refractivity contribution in [3.8, 4) is 0 Å². The molecule has 3 aromatic rings. The topological polar surface area (TPSA) is 42.0 Å². The van der Waals surface area contributed by atoms with Gasteiger partial charge in [0.1, 0.15) is 0 Å². The first-order chi connectivity index (χ1) is 10.2. The molecule has 0 saturated carbocycles. The number of carbonyl (C=O) groups is 1. The number of fused-ring (bicyclic) bond motifs is 1. The average molecular weight is 317 g/mol. The minimum atomic E-state index is -0.199. The monoisotopic (exact) mass is 316 g/mol. The second-order valence-electron chi connectivity index (χ2n) is 4.60. The predicted octanol–water partition coefficient (Wildman–Crippen LogP) is 4.76. The molecule has 1 heterocycles. The number of hydrogen-bond donors (Lipinski definition) is 1. The van der Waals surface area contributed by atoms with Crippen LogP contribution in [0.2, 0.25) is 5.02 Å². The highest BCUT2D eigenvalue weighted by Crippen LogP contribution is 2.28. The van der Waals surface area contributed by atoms with Crippen molar-refractivity contribution in [1.82, 2.24) is 4.98 Å². The van der Waals surface area contributed by atoms with E-state index in [0.717, 1.165) is 16.6 Å². The van der Waals surface area contributed by atoms with Crippen LogP contribution in [-0.4, -0.2) is 10.9 Å². The van der Waals surface area contributed by atoms with Gasteiger partial charge >= 0.3 is 0 Å². The summed E-state index contributed by atoms with van der Waals surface area (Å²) in [6.07, 6.45) is 0.919. The minimum Gasteiger partial charge on any atom is -0.298 e. The van der Waals surface area contributed by atoms with Gasteiger partial charge in [-0.05, 0) is 36.2 Å². The maximum Gasteiger partial charge on any atom is 0.257 e. The molecule has 0 radical (unpaired) electrons. The SMILES string of the molecule is CCc1cccc2sc(NC(=O)c3cccc(Cl)c3)nc12. The quantitative estimate of drug-likeness (QED) is 0.756. The van der Waals surface area contributed by atoms with Crippen LogP contribution in [0.4, 0.5) is 5.13 Å². The van der Waals surface area contributed by atoms with Gasteiger partial charge in [-0.1, -0.05) is 48.1 Å². The van der Waals surface area contributed by atoms with Gasteiger partial charge in [-0.25, -0.2) is 4.98 Å². The minimum absolute atomic E-state index is 0.199. The fourth-order valence-electron chi connectivity index (χ4n) is 2.14. The summed E-state index contributed by atoms with van der Waals surface area (Å²) in [5, 5.41) is 3.99. The molecule has 0 unspecified atom stereocenters. The number of aromatic nitrogens is 1. The number of thiazole rings is 1. The van der Waals surface area contributed by atoms with Crippen molar-refractivity contribution in [3.63, 3.8) is 0 Å². The van der Waals surface area contributed by atoms with E-state index in [1.807, 2.05) is 12.1 Å². The summed E-state index contributed by atoms with van der Waals surface area (Å²) in [6, 6.07) is 13.0. The first kappa shape index (κ1) is 14.0. The zero-order valence-corrected chi connectivity index (χ0v) is 13.0. The van der Waals surface area contributed by atoms with E-state index in [1.165, 1.54) is 16.9 Å². The van der Waals surface area contributed by atoms with Crippen LogP contribution in [0.1, 0.15) is 22.8 Å². The van der Waals surface area contributed by atoms with Gasteiger partial charge < -0.3 is 0 Å². The summed E-state index contributed by atoms with van der Waals surface area (Å²) in [4.78, 5) is 16.7. The molecular weight excluding hydrogens is 304 g/mol. The highest BCUT2D eigenvalue weighted by molar-refractivity contribution is 7.22. The Kier molecular flexibility index (Phi) is 3.90. The van der Waals surface area contributed by atoms with Gasteiger partial charge in [0.2, 0.25) is 0 Å². The van der Waals surface area contributed by atoms with Gasteiger partial charge in [0, 0.05) is 10.6 Å². The summed E-state index contributed by atoms with van der Waals surface area (Å²) in [5.74, 6) is -0.199. The fraction of sp³-hybridized carbons (Fsp3) is 0.125. The Morgan fingerprint density at radius 2 is 2.10 bits per heavy atom. The summed E-state index contributed by atoms with van der Waals surface area (Å²) in [6.45, 7) is 2.10. The Morgan fingerprint density at radius 1 is 1.29 bits per heavy atom. The molecule has 3 rings (SSSR count). The molecule has 0 spiro atoms. The van der Waals surface area contributed by atoms with Gasteiger partial charge in [-0.2, -0.15) is 0 Å². The zero-order chi connectivity index (χ0) is 14.8. The summed E-state index contributed by atoms with van der Waals surface area (Å²) < 4.78 is 1.08. The molecule has 0 aliphatic carbocycles. The van der Waals surface area contributed by atoms with Crippen molar-refractivity contribution >= 4 is 44.2 Å². The van der Waals surface area contributed by atoms with Crippen molar-refractivity contribution in [1.29, 1.82) is 0 Å². The van der Waals surface area contributed by atoms with E-state index in [1.54, 1.807) is 24.3 Å². The van der Waals surface area contributed by atoms with E-state index >= 15 is 0 Å².